The molecule has 0 atom stereocenters. The van der Waals surface area contributed by atoms with Crippen LogP contribution in [-0.4, -0.2) is 20.6 Å². The number of halogens is 1. The summed E-state index contributed by atoms with van der Waals surface area (Å²) in [5, 5.41) is 6.73. The number of aryl methyl sites for hydroxylation is 2. The lowest BCUT2D eigenvalue weighted by Crippen LogP contribution is -2.21. The average molecular weight is 398 g/mol. The predicted molar refractivity (Wildman–Crippen MR) is 103 cm³/mol. The van der Waals surface area contributed by atoms with Gasteiger partial charge < -0.3 is 9.84 Å². The van der Waals surface area contributed by atoms with Crippen LogP contribution in [-0.2, 0) is 6.54 Å². The molecule has 0 unspecified atom stereocenters. The summed E-state index contributed by atoms with van der Waals surface area (Å²) in [5.74, 6) is 0.0821. The highest BCUT2D eigenvalue weighted by atomic mass is 32.1. The van der Waals surface area contributed by atoms with Gasteiger partial charge in [0.25, 0.3) is 11.5 Å². The van der Waals surface area contributed by atoms with Gasteiger partial charge in [-0.3, -0.25) is 14.2 Å². The first-order valence-electron chi connectivity index (χ1n) is 8.40. The van der Waals surface area contributed by atoms with Crippen molar-refractivity contribution in [3.05, 3.63) is 74.6 Å². The Morgan fingerprint density at radius 2 is 2.11 bits per heavy atom. The highest BCUT2D eigenvalue weighted by Gasteiger charge is 2.20. The Balaban J connectivity index is 1.71. The number of hydrogen-bond acceptors (Lipinski definition) is 6. The summed E-state index contributed by atoms with van der Waals surface area (Å²) in [7, 11) is 0. The Morgan fingerprint density at radius 3 is 2.82 bits per heavy atom. The minimum absolute atomic E-state index is 0.0590. The van der Waals surface area contributed by atoms with Crippen LogP contribution in [0, 0.1) is 19.7 Å². The van der Waals surface area contributed by atoms with Crippen LogP contribution in [0.4, 0.5) is 10.2 Å². The number of rotatable bonds is 4. The molecule has 0 saturated carbocycles. The Bertz CT molecular complexity index is 1260. The second-order valence-corrected chi connectivity index (χ2v) is 7.28. The molecule has 0 spiro atoms. The molecule has 1 amide bonds. The van der Waals surface area contributed by atoms with Gasteiger partial charge >= 0.3 is 0 Å². The van der Waals surface area contributed by atoms with Gasteiger partial charge in [0.15, 0.2) is 5.82 Å². The fraction of sp³-hybridized carbons (Fsp3) is 0.158. The molecule has 3 aromatic heterocycles. The van der Waals surface area contributed by atoms with Gasteiger partial charge in [0, 0.05) is 11.6 Å². The van der Waals surface area contributed by atoms with E-state index in [1.165, 1.54) is 17.0 Å². The summed E-state index contributed by atoms with van der Waals surface area (Å²) in [6.45, 7) is 3.47. The maximum atomic E-state index is 13.9. The molecule has 9 heteroatoms. The number of nitrogens with zero attached hydrogens (tertiary/aromatic N) is 3. The molecule has 0 aliphatic heterocycles. The first-order valence-corrected chi connectivity index (χ1v) is 9.22. The minimum Gasteiger partial charge on any atom is -0.360 e. The molecule has 3 heterocycles. The van der Waals surface area contributed by atoms with E-state index < -0.39 is 5.91 Å². The monoisotopic (exact) mass is 398 g/mol. The van der Waals surface area contributed by atoms with Crippen molar-refractivity contribution in [3.8, 4) is 0 Å². The van der Waals surface area contributed by atoms with Crippen molar-refractivity contribution < 1.29 is 13.7 Å². The van der Waals surface area contributed by atoms with Crippen LogP contribution in [0.5, 0.6) is 0 Å². The molecule has 1 aromatic carbocycles. The fourth-order valence-corrected chi connectivity index (χ4v) is 3.93. The molecule has 0 bridgehead atoms. The van der Waals surface area contributed by atoms with Gasteiger partial charge in [-0.1, -0.05) is 23.4 Å². The van der Waals surface area contributed by atoms with Gasteiger partial charge in [-0.05, 0) is 25.5 Å². The van der Waals surface area contributed by atoms with E-state index >= 15 is 0 Å². The van der Waals surface area contributed by atoms with Gasteiger partial charge in [0.1, 0.15) is 16.4 Å². The molecule has 7 nitrogen and oxygen atoms in total. The Labute approximate surface area is 162 Å². The smallest absolute Gasteiger partial charge is 0.267 e. The van der Waals surface area contributed by atoms with E-state index in [1.54, 1.807) is 38.1 Å². The van der Waals surface area contributed by atoms with Gasteiger partial charge in [0.2, 0.25) is 0 Å². The quantitative estimate of drug-likeness (QED) is 0.568. The van der Waals surface area contributed by atoms with Crippen molar-refractivity contribution in [2.24, 2.45) is 0 Å². The highest BCUT2D eigenvalue weighted by Crippen LogP contribution is 2.27. The number of amides is 1. The normalized spacial score (nSPS) is 11.1. The summed E-state index contributed by atoms with van der Waals surface area (Å²) in [5.41, 5.74) is 0.592. The molecule has 28 heavy (non-hydrogen) atoms. The van der Waals surface area contributed by atoms with E-state index in [0.717, 1.165) is 11.3 Å². The third-order valence-corrected chi connectivity index (χ3v) is 5.49. The van der Waals surface area contributed by atoms with E-state index in [9.17, 15) is 14.0 Å². The van der Waals surface area contributed by atoms with Crippen LogP contribution in [0.3, 0.4) is 0 Å². The lowest BCUT2D eigenvalue weighted by Gasteiger charge is -2.06. The number of anilines is 1. The Morgan fingerprint density at radius 1 is 1.32 bits per heavy atom. The zero-order chi connectivity index (χ0) is 19.8. The third-order valence-electron chi connectivity index (χ3n) is 4.29. The second-order valence-electron chi connectivity index (χ2n) is 6.28. The average Bonchev–Trinajstić information content (AvgIpc) is 3.22. The van der Waals surface area contributed by atoms with Crippen molar-refractivity contribution in [2.75, 3.05) is 5.32 Å². The summed E-state index contributed by atoms with van der Waals surface area (Å²) in [6, 6.07) is 7.86. The number of thiophene rings is 1. The first-order chi connectivity index (χ1) is 13.4. The number of carbonyl (C=O) groups excluding carboxylic acids is 1. The van der Waals surface area contributed by atoms with Crippen LogP contribution in [0.2, 0.25) is 0 Å². The number of aromatic nitrogens is 3. The summed E-state index contributed by atoms with van der Waals surface area (Å²) >= 11 is 1.12. The second kappa shape index (κ2) is 7.01. The van der Waals surface area contributed by atoms with Crippen molar-refractivity contribution in [3.63, 3.8) is 0 Å². The van der Waals surface area contributed by atoms with E-state index in [4.69, 9.17) is 4.52 Å². The summed E-state index contributed by atoms with van der Waals surface area (Å²) in [4.78, 5) is 30.6. The summed E-state index contributed by atoms with van der Waals surface area (Å²) in [6.07, 6.45) is 1.37. The van der Waals surface area contributed by atoms with Crippen LogP contribution < -0.4 is 10.9 Å². The zero-order valence-electron chi connectivity index (χ0n) is 15.0. The topological polar surface area (TPSA) is 90.0 Å². The number of benzene rings is 1. The van der Waals surface area contributed by atoms with Crippen LogP contribution in [0.15, 0.2) is 46.0 Å². The van der Waals surface area contributed by atoms with Crippen LogP contribution in [0.1, 0.15) is 26.6 Å². The van der Waals surface area contributed by atoms with Gasteiger partial charge in [0.05, 0.1) is 23.1 Å². The molecule has 0 saturated heterocycles. The lowest BCUT2D eigenvalue weighted by atomic mass is 10.2. The standard InChI is InChI=1S/C19H15FN4O3S/c1-10-7-14(23-27-10)22-17(25)16-11(2)15-18(28-16)21-9-24(19(15)26)8-12-5-3-4-6-13(12)20/h3-7,9H,8H2,1-2H3,(H,22,23,25). The van der Waals surface area contributed by atoms with Gasteiger partial charge in [-0.25, -0.2) is 9.37 Å². The maximum Gasteiger partial charge on any atom is 0.267 e. The van der Waals surface area contributed by atoms with Gasteiger partial charge in [-0.15, -0.1) is 11.3 Å². The van der Waals surface area contributed by atoms with E-state index in [2.05, 4.69) is 15.5 Å². The van der Waals surface area contributed by atoms with Crippen LogP contribution >= 0.6 is 11.3 Å². The Hall–Kier alpha value is -3.33. The van der Waals surface area contributed by atoms with Crippen LogP contribution in [0.25, 0.3) is 10.2 Å². The van der Waals surface area contributed by atoms with Crippen molar-refractivity contribution in [2.45, 2.75) is 20.4 Å². The molecule has 0 radical (unpaired) electrons. The largest absolute Gasteiger partial charge is 0.360 e. The highest BCUT2D eigenvalue weighted by molar-refractivity contribution is 7.20. The predicted octanol–water partition coefficient (Wildman–Crippen LogP) is 3.50. The molecule has 4 aromatic rings. The molecular weight excluding hydrogens is 383 g/mol. The van der Waals surface area contributed by atoms with Crippen molar-refractivity contribution >= 4 is 33.3 Å². The number of fused-ring (bicyclic) bond motifs is 1. The Kier molecular flexibility index (Phi) is 4.52. The number of nitrogens with one attached hydrogen (secondary N) is 1. The molecule has 0 fully saturated rings. The lowest BCUT2D eigenvalue weighted by molar-refractivity contribution is 0.102. The maximum absolute atomic E-state index is 13.9. The minimum atomic E-state index is -0.395. The summed E-state index contributed by atoms with van der Waals surface area (Å²) < 4.78 is 20.2. The van der Waals surface area contributed by atoms with Crippen molar-refractivity contribution in [1.29, 1.82) is 0 Å². The van der Waals surface area contributed by atoms with Crippen molar-refractivity contribution in [1.82, 2.24) is 14.7 Å². The first kappa shape index (κ1) is 18.1. The molecular formula is C19H15FN4O3S. The third kappa shape index (κ3) is 3.20. The van der Waals surface area contributed by atoms with Gasteiger partial charge in [-0.2, -0.15) is 0 Å². The molecule has 4 rings (SSSR count). The van der Waals surface area contributed by atoms with E-state index in [0.29, 0.717) is 37.8 Å². The number of carbonyl (C=O) groups is 1. The molecule has 0 aliphatic rings. The van der Waals surface area contributed by atoms with E-state index in [1.807, 2.05) is 0 Å². The molecule has 1 N–H and O–H groups in total. The molecule has 0 aliphatic carbocycles. The van der Waals surface area contributed by atoms with E-state index in [-0.39, 0.29) is 17.9 Å². The SMILES string of the molecule is Cc1cc(NC(=O)c2sc3ncn(Cc4ccccc4F)c(=O)c3c2C)no1. The zero-order valence-corrected chi connectivity index (χ0v) is 15.8. The molecule has 142 valence electrons. The number of hydrogen-bond donors (Lipinski definition) is 1. The fourth-order valence-electron chi connectivity index (χ4n) is 2.90.